The number of fused-ring (bicyclic) bond motifs is 1. The molecule has 6 nitrogen and oxygen atoms in total. The maximum absolute atomic E-state index is 13.6. The van der Waals surface area contributed by atoms with Crippen molar-refractivity contribution in [3.63, 3.8) is 0 Å². The molecule has 118 valence electrons. The third-order valence-electron chi connectivity index (χ3n) is 4.14. The van der Waals surface area contributed by atoms with Crippen LogP contribution in [0.15, 0.2) is 33.9 Å². The maximum atomic E-state index is 13.6. The third kappa shape index (κ3) is 2.24. The molecule has 0 spiro atoms. The molecule has 0 unspecified atom stereocenters. The lowest BCUT2D eigenvalue weighted by Gasteiger charge is -2.32. The normalized spacial score (nSPS) is 20.1. The van der Waals surface area contributed by atoms with Crippen molar-refractivity contribution in [2.45, 2.75) is 25.3 Å². The third-order valence-corrected chi connectivity index (χ3v) is 4.75. The van der Waals surface area contributed by atoms with Crippen LogP contribution in [0, 0.1) is 5.82 Å². The number of carbonyl (C=O) groups excluding carboxylic acids is 1. The first-order chi connectivity index (χ1) is 11.0. The highest BCUT2D eigenvalue weighted by Gasteiger charge is 2.36. The maximum Gasteiger partial charge on any atom is 0.241 e. The molecule has 3 N–H and O–H groups in total. The summed E-state index contributed by atoms with van der Waals surface area (Å²) in [6.45, 7) is 0. The molecule has 1 aromatic carbocycles. The molecular weight excluding hydrogens is 365 g/mol. The minimum atomic E-state index is -0.448. The lowest BCUT2D eigenvalue weighted by atomic mass is 9.85. The van der Waals surface area contributed by atoms with Crippen molar-refractivity contribution in [1.82, 2.24) is 14.8 Å². The molecular formula is C15H13BrFN5O. The molecule has 1 aliphatic carbocycles. The van der Waals surface area contributed by atoms with E-state index in [0.717, 1.165) is 24.1 Å². The first kappa shape index (κ1) is 14.4. The summed E-state index contributed by atoms with van der Waals surface area (Å²) in [4.78, 5) is 16.7. The predicted molar refractivity (Wildman–Crippen MR) is 86.2 cm³/mol. The standard InChI is InChI=1S/C15H13BrFN5O/c16-8-6-7(4-5-9(8)17)13-12-10(2-1-3-11(12)23)19-15-20-14(18)21-22(13)15/h4-6,13H,1-3H2,(H3,18,19,20,21)/t13-/m1/s1. The van der Waals surface area contributed by atoms with E-state index in [4.69, 9.17) is 5.73 Å². The topological polar surface area (TPSA) is 85.8 Å². The SMILES string of the molecule is Nc1nc2n(n1)[C@H](c1ccc(F)c(Br)c1)C1=C(CCCC1=O)N2. The molecule has 0 fully saturated rings. The van der Waals surface area contributed by atoms with E-state index in [9.17, 15) is 9.18 Å². The Balaban J connectivity index is 1.94. The van der Waals surface area contributed by atoms with E-state index in [1.165, 1.54) is 6.07 Å². The largest absolute Gasteiger partial charge is 0.366 e. The van der Waals surface area contributed by atoms with E-state index in [1.807, 2.05) is 0 Å². The van der Waals surface area contributed by atoms with Crippen molar-refractivity contribution in [3.8, 4) is 0 Å². The van der Waals surface area contributed by atoms with Crippen LogP contribution in [0.3, 0.4) is 0 Å². The van der Waals surface area contributed by atoms with Crippen molar-refractivity contribution in [2.24, 2.45) is 0 Å². The lowest BCUT2D eigenvalue weighted by molar-refractivity contribution is -0.116. The van der Waals surface area contributed by atoms with Crippen LogP contribution in [0.5, 0.6) is 0 Å². The molecule has 1 aromatic heterocycles. The number of rotatable bonds is 1. The van der Waals surface area contributed by atoms with Gasteiger partial charge < -0.3 is 11.1 Å². The summed E-state index contributed by atoms with van der Waals surface area (Å²) in [5, 5.41) is 7.37. The molecule has 23 heavy (non-hydrogen) atoms. The number of nitrogens with two attached hydrogens (primary N) is 1. The summed E-state index contributed by atoms with van der Waals surface area (Å²) in [6, 6.07) is 4.24. The zero-order valence-corrected chi connectivity index (χ0v) is 13.6. The Kier molecular flexibility index (Phi) is 3.22. The molecule has 0 saturated heterocycles. The highest BCUT2D eigenvalue weighted by Crippen LogP contribution is 2.40. The Hall–Kier alpha value is -2.22. The van der Waals surface area contributed by atoms with Crippen LogP contribution in [0.25, 0.3) is 0 Å². The highest BCUT2D eigenvalue weighted by molar-refractivity contribution is 9.10. The molecule has 2 aliphatic rings. The van der Waals surface area contributed by atoms with Gasteiger partial charge in [-0.3, -0.25) is 4.79 Å². The van der Waals surface area contributed by atoms with E-state index in [1.54, 1.807) is 16.8 Å². The number of carbonyl (C=O) groups is 1. The molecule has 2 heterocycles. The van der Waals surface area contributed by atoms with Gasteiger partial charge in [-0.2, -0.15) is 4.98 Å². The number of ketones is 1. The Labute approximate surface area is 139 Å². The number of nitrogen functional groups attached to an aromatic ring is 1. The molecule has 0 radical (unpaired) electrons. The number of Topliss-reactive ketones (excluding diaryl/α,β-unsaturated/α-hetero) is 1. The van der Waals surface area contributed by atoms with Gasteiger partial charge in [0.15, 0.2) is 5.78 Å². The van der Waals surface area contributed by atoms with Crippen molar-refractivity contribution >= 4 is 33.6 Å². The fraction of sp³-hybridized carbons (Fsp3) is 0.267. The molecule has 8 heteroatoms. The van der Waals surface area contributed by atoms with Gasteiger partial charge in [-0.15, -0.1) is 5.10 Å². The number of hydrogen-bond donors (Lipinski definition) is 2. The Morgan fingerprint density at radius 2 is 2.22 bits per heavy atom. The lowest BCUT2D eigenvalue weighted by Crippen LogP contribution is -2.31. The van der Waals surface area contributed by atoms with Crippen LogP contribution in [-0.2, 0) is 4.79 Å². The van der Waals surface area contributed by atoms with Crippen molar-refractivity contribution in [1.29, 1.82) is 0 Å². The van der Waals surface area contributed by atoms with Gasteiger partial charge in [0.25, 0.3) is 0 Å². The van der Waals surface area contributed by atoms with Crippen LogP contribution in [-0.4, -0.2) is 20.5 Å². The number of anilines is 2. The van der Waals surface area contributed by atoms with E-state index in [2.05, 4.69) is 31.3 Å². The van der Waals surface area contributed by atoms with E-state index >= 15 is 0 Å². The summed E-state index contributed by atoms with van der Waals surface area (Å²) in [5.74, 6) is 0.349. The van der Waals surface area contributed by atoms with Gasteiger partial charge in [-0.25, -0.2) is 9.07 Å². The van der Waals surface area contributed by atoms with E-state index in [0.29, 0.717) is 22.4 Å². The van der Waals surface area contributed by atoms with Gasteiger partial charge >= 0.3 is 0 Å². The fourth-order valence-electron chi connectivity index (χ4n) is 3.16. The number of hydrogen-bond acceptors (Lipinski definition) is 5. The Morgan fingerprint density at radius 3 is 3.00 bits per heavy atom. The number of nitrogens with one attached hydrogen (secondary N) is 1. The van der Waals surface area contributed by atoms with Crippen molar-refractivity contribution in [2.75, 3.05) is 11.1 Å². The summed E-state index contributed by atoms with van der Waals surface area (Å²) in [6.07, 6.45) is 2.07. The second kappa shape index (κ2) is 5.16. The molecule has 0 bridgehead atoms. The monoisotopic (exact) mass is 377 g/mol. The van der Waals surface area contributed by atoms with Gasteiger partial charge in [0, 0.05) is 17.7 Å². The predicted octanol–water partition coefficient (Wildman–Crippen LogP) is 2.78. The van der Waals surface area contributed by atoms with Crippen LogP contribution in [0.1, 0.15) is 30.9 Å². The average Bonchev–Trinajstić information content (AvgIpc) is 2.88. The number of benzene rings is 1. The minimum Gasteiger partial charge on any atom is -0.366 e. The number of nitrogens with zero attached hydrogens (tertiary/aromatic N) is 3. The summed E-state index contributed by atoms with van der Waals surface area (Å²) in [7, 11) is 0. The number of halogens is 2. The second-order valence-corrected chi connectivity index (χ2v) is 6.46. The van der Waals surface area contributed by atoms with Crippen LogP contribution in [0.4, 0.5) is 16.3 Å². The van der Waals surface area contributed by atoms with Crippen molar-refractivity contribution in [3.05, 3.63) is 45.3 Å². The van der Waals surface area contributed by atoms with Gasteiger partial charge in [0.2, 0.25) is 11.9 Å². The van der Waals surface area contributed by atoms with E-state index < -0.39 is 6.04 Å². The molecule has 2 aromatic rings. The fourth-order valence-corrected chi connectivity index (χ4v) is 3.56. The van der Waals surface area contributed by atoms with Crippen LogP contribution >= 0.6 is 15.9 Å². The average molecular weight is 378 g/mol. The quantitative estimate of drug-likeness (QED) is 0.797. The molecule has 0 saturated carbocycles. The Morgan fingerprint density at radius 1 is 1.39 bits per heavy atom. The molecule has 1 atom stereocenters. The summed E-state index contributed by atoms with van der Waals surface area (Å²) >= 11 is 3.20. The zero-order valence-electron chi connectivity index (χ0n) is 12.0. The number of aromatic nitrogens is 3. The van der Waals surface area contributed by atoms with Crippen molar-refractivity contribution < 1.29 is 9.18 Å². The summed E-state index contributed by atoms with van der Waals surface area (Å²) < 4.78 is 15.5. The number of allylic oxidation sites excluding steroid dienone is 2. The van der Waals surface area contributed by atoms with Gasteiger partial charge in [-0.1, -0.05) is 6.07 Å². The minimum absolute atomic E-state index is 0.0731. The second-order valence-electron chi connectivity index (χ2n) is 5.61. The summed E-state index contributed by atoms with van der Waals surface area (Å²) in [5.41, 5.74) is 7.99. The first-order valence-corrected chi connectivity index (χ1v) is 8.04. The zero-order chi connectivity index (χ0) is 16.1. The van der Waals surface area contributed by atoms with Crippen LogP contribution < -0.4 is 11.1 Å². The first-order valence-electron chi connectivity index (χ1n) is 7.25. The molecule has 0 amide bonds. The van der Waals surface area contributed by atoms with Crippen LogP contribution in [0.2, 0.25) is 0 Å². The van der Waals surface area contributed by atoms with E-state index in [-0.39, 0.29) is 17.5 Å². The van der Waals surface area contributed by atoms with Gasteiger partial charge in [0.05, 0.1) is 4.47 Å². The smallest absolute Gasteiger partial charge is 0.241 e. The molecule has 1 aliphatic heterocycles. The highest BCUT2D eigenvalue weighted by atomic mass is 79.9. The molecule has 4 rings (SSSR count). The Bertz CT molecular complexity index is 860. The van der Waals surface area contributed by atoms with Gasteiger partial charge in [-0.05, 0) is 46.5 Å². The van der Waals surface area contributed by atoms with Gasteiger partial charge in [0.1, 0.15) is 11.9 Å².